The number of carbonyl (C=O) groups excluding carboxylic acids is 2. The Balaban J connectivity index is 3.20. The molecule has 0 spiro atoms. The molecule has 1 amide bonds. The minimum Gasteiger partial charge on any atom is -0.462 e. The first-order valence-corrected chi connectivity index (χ1v) is 9.33. The van der Waals surface area contributed by atoms with Crippen molar-refractivity contribution in [1.29, 1.82) is 0 Å². The van der Waals surface area contributed by atoms with E-state index in [4.69, 9.17) is 4.74 Å². The second-order valence-electron chi connectivity index (χ2n) is 6.30. The van der Waals surface area contributed by atoms with Crippen LogP contribution in [0.25, 0.3) is 0 Å². The predicted molar refractivity (Wildman–Crippen MR) is 102 cm³/mol. The van der Waals surface area contributed by atoms with Gasteiger partial charge < -0.3 is 14.5 Å². The van der Waals surface area contributed by atoms with Gasteiger partial charge in [-0.2, -0.15) is 0 Å². The number of nitrogens with zero attached hydrogens (tertiary/aromatic N) is 1. The first-order chi connectivity index (χ1) is 11.9. The molecule has 1 unspecified atom stereocenters. The van der Waals surface area contributed by atoms with Gasteiger partial charge in [-0.1, -0.05) is 19.1 Å². The molecule has 5 heteroatoms. The molecule has 0 heterocycles. The first kappa shape index (κ1) is 21.2. The van der Waals surface area contributed by atoms with Crippen molar-refractivity contribution in [1.82, 2.24) is 0 Å². The largest absolute Gasteiger partial charge is 0.462 e. The van der Waals surface area contributed by atoms with Crippen LogP contribution in [0.2, 0.25) is 0 Å². The van der Waals surface area contributed by atoms with Crippen molar-refractivity contribution in [2.24, 2.45) is 0 Å². The van der Waals surface area contributed by atoms with E-state index in [-0.39, 0.29) is 11.9 Å². The van der Waals surface area contributed by atoms with Crippen LogP contribution in [-0.2, 0) is 9.53 Å². The number of hydrogen-bond donors (Lipinski definition) is 1. The maximum atomic E-state index is 13.1. The number of para-hydroxylation sites is 1. The van der Waals surface area contributed by atoms with Gasteiger partial charge in [0.1, 0.15) is 0 Å². The quantitative estimate of drug-likeness (QED) is 0.545. The summed E-state index contributed by atoms with van der Waals surface area (Å²) in [6.45, 7) is 15.1. The molecular formula is C20H33N2O3+. The summed E-state index contributed by atoms with van der Waals surface area (Å²) in [6.07, 6.45) is 0.752. The van der Waals surface area contributed by atoms with E-state index in [0.29, 0.717) is 17.9 Å². The number of anilines is 1. The molecule has 1 aromatic carbocycles. The van der Waals surface area contributed by atoms with Crippen LogP contribution in [0, 0.1) is 6.92 Å². The zero-order chi connectivity index (χ0) is 19.0. The Morgan fingerprint density at radius 2 is 1.68 bits per heavy atom. The van der Waals surface area contributed by atoms with E-state index in [0.717, 1.165) is 36.1 Å². The third-order valence-corrected chi connectivity index (χ3v) is 5.26. The molecule has 25 heavy (non-hydrogen) atoms. The summed E-state index contributed by atoms with van der Waals surface area (Å²) < 4.78 is 5.87. The van der Waals surface area contributed by atoms with Crippen LogP contribution in [0.5, 0.6) is 0 Å². The van der Waals surface area contributed by atoms with Gasteiger partial charge in [0.15, 0.2) is 6.04 Å². The molecular weight excluding hydrogens is 316 g/mol. The molecule has 0 fully saturated rings. The van der Waals surface area contributed by atoms with Gasteiger partial charge in [-0.25, -0.2) is 4.79 Å². The predicted octanol–water partition coefficient (Wildman–Crippen LogP) is 3.77. The number of benzene rings is 1. The highest BCUT2D eigenvalue weighted by Crippen LogP contribution is 2.24. The van der Waals surface area contributed by atoms with Gasteiger partial charge in [0.25, 0.3) is 5.91 Å². The summed E-state index contributed by atoms with van der Waals surface area (Å²) in [5, 5.41) is 3.02. The van der Waals surface area contributed by atoms with Gasteiger partial charge in [-0.05, 0) is 46.2 Å². The average molecular weight is 349 g/mol. The van der Waals surface area contributed by atoms with E-state index in [2.05, 4.69) is 26.1 Å². The third kappa shape index (κ3) is 4.60. The number of aryl methyl sites for hydroxylation is 1. The minimum atomic E-state index is -0.406. The molecule has 5 nitrogen and oxygen atoms in total. The van der Waals surface area contributed by atoms with E-state index in [1.54, 1.807) is 19.1 Å². The number of quaternary nitrogens is 1. The first-order valence-electron chi connectivity index (χ1n) is 9.33. The van der Waals surface area contributed by atoms with E-state index >= 15 is 0 Å². The lowest BCUT2D eigenvalue weighted by Gasteiger charge is -2.41. The molecule has 140 valence electrons. The van der Waals surface area contributed by atoms with Crippen LogP contribution in [0.3, 0.4) is 0 Å². The van der Waals surface area contributed by atoms with Crippen molar-refractivity contribution >= 4 is 17.6 Å². The SMILES string of the molecule is CCOC(=O)c1cccc(C)c1NC(=O)C(CC)[N+](CC)(CC)CC. The number of hydrogen-bond acceptors (Lipinski definition) is 3. The number of nitrogens with one attached hydrogen (secondary N) is 1. The van der Waals surface area contributed by atoms with Crippen LogP contribution < -0.4 is 5.32 Å². The van der Waals surface area contributed by atoms with Crippen LogP contribution in [0.1, 0.15) is 57.0 Å². The summed E-state index contributed by atoms with van der Waals surface area (Å²) in [7, 11) is 0. The zero-order valence-corrected chi connectivity index (χ0v) is 16.5. The number of amides is 1. The maximum absolute atomic E-state index is 13.1. The number of likely N-dealkylation sites (N-methyl/N-ethyl adjacent to an activating group) is 1. The number of carbonyl (C=O) groups is 2. The Kier molecular flexibility index (Phi) is 8.10. The van der Waals surface area contributed by atoms with E-state index in [1.165, 1.54) is 0 Å². The second-order valence-corrected chi connectivity index (χ2v) is 6.30. The maximum Gasteiger partial charge on any atom is 0.340 e. The Labute approximate surface area is 151 Å². The fourth-order valence-electron chi connectivity index (χ4n) is 3.57. The second kappa shape index (κ2) is 9.56. The molecule has 0 saturated heterocycles. The van der Waals surface area contributed by atoms with E-state index < -0.39 is 5.97 Å². The lowest BCUT2D eigenvalue weighted by Crippen LogP contribution is -2.59. The Bertz CT molecular complexity index is 586. The molecule has 1 atom stereocenters. The van der Waals surface area contributed by atoms with Crippen molar-refractivity contribution in [3.05, 3.63) is 29.3 Å². The van der Waals surface area contributed by atoms with E-state index in [9.17, 15) is 9.59 Å². The number of ether oxygens (including phenoxy) is 1. The minimum absolute atomic E-state index is 0.0344. The summed E-state index contributed by atoms with van der Waals surface area (Å²) >= 11 is 0. The molecule has 1 aromatic rings. The summed E-state index contributed by atoms with van der Waals surface area (Å²) in [5.41, 5.74) is 1.83. The van der Waals surface area contributed by atoms with Gasteiger partial charge in [0, 0.05) is 6.42 Å². The average Bonchev–Trinajstić information content (AvgIpc) is 2.61. The molecule has 1 rings (SSSR count). The highest BCUT2D eigenvalue weighted by atomic mass is 16.5. The molecule has 0 aliphatic heterocycles. The third-order valence-electron chi connectivity index (χ3n) is 5.26. The summed E-state index contributed by atoms with van der Waals surface area (Å²) in [6, 6.07) is 5.25. The summed E-state index contributed by atoms with van der Waals surface area (Å²) in [5.74, 6) is -0.440. The van der Waals surface area contributed by atoms with Gasteiger partial charge in [-0.3, -0.25) is 4.79 Å². The van der Waals surface area contributed by atoms with Crippen molar-refractivity contribution in [3.8, 4) is 0 Å². The molecule has 0 radical (unpaired) electrons. The molecule has 0 saturated carbocycles. The topological polar surface area (TPSA) is 55.4 Å². The zero-order valence-electron chi connectivity index (χ0n) is 16.5. The fourth-order valence-corrected chi connectivity index (χ4v) is 3.57. The Morgan fingerprint density at radius 1 is 1.08 bits per heavy atom. The molecule has 0 bridgehead atoms. The van der Waals surface area contributed by atoms with Crippen molar-refractivity contribution in [2.75, 3.05) is 31.6 Å². The van der Waals surface area contributed by atoms with Crippen LogP contribution in [0.4, 0.5) is 5.69 Å². The van der Waals surface area contributed by atoms with E-state index in [1.807, 2.05) is 19.9 Å². The Hall–Kier alpha value is -1.88. The lowest BCUT2D eigenvalue weighted by atomic mass is 10.0. The van der Waals surface area contributed by atoms with Crippen LogP contribution in [-0.4, -0.2) is 48.6 Å². The number of esters is 1. The van der Waals surface area contributed by atoms with Gasteiger partial charge in [0.05, 0.1) is 37.5 Å². The molecule has 0 aliphatic rings. The summed E-state index contributed by atoms with van der Waals surface area (Å²) in [4.78, 5) is 25.3. The highest BCUT2D eigenvalue weighted by molar-refractivity contribution is 6.03. The molecule has 1 N–H and O–H groups in total. The van der Waals surface area contributed by atoms with Crippen LogP contribution >= 0.6 is 0 Å². The smallest absolute Gasteiger partial charge is 0.340 e. The van der Waals surface area contributed by atoms with Crippen molar-refractivity contribution in [3.63, 3.8) is 0 Å². The van der Waals surface area contributed by atoms with Gasteiger partial charge in [0.2, 0.25) is 0 Å². The normalized spacial score (nSPS) is 12.6. The fraction of sp³-hybridized carbons (Fsp3) is 0.600. The lowest BCUT2D eigenvalue weighted by molar-refractivity contribution is -0.938. The standard InChI is InChI=1S/C20H32N2O3/c1-7-17(22(8-2,9-3)10-4)19(23)21-18-15(6)13-12-14-16(18)20(24)25-11-5/h12-14,17H,7-11H2,1-6H3/p+1. The van der Waals surface area contributed by atoms with Crippen LogP contribution in [0.15, 0.2) is 18.2 Å². The van der Waals surface area contributed by atoms with Crippen molar-refractivity contribution in [2.45, 2.75) is 54.0 Å². The molecule has 0 aliphatic carbocycles. The monoisotopic (exact) mass is 349 g/mol. The highest BCUT2D eigenvalue weighted by Gasteiger charge is 2.37. The van der Waals surface area contributed by atoms with Crippen molar-refractivity contribution < 1.29 is 18.8 Å². The van der Waals surface area contributed by atoms with Gasteiger partial charge >= 0.3 is 5.97 Å². The Morgan fingerprint density at radius 3 is 2.16 bits per heavy atom. The molecule has 0 aromatic heterocycles. The van der Waals surface area contributed by atoms with Gasteiger partial charge in [-0.15, -0.1) is 0 Å². The number of rotatable bonds is 9.